The predicted octanol–water partition coefficient (Wildman–Crippen LogP) is 5.91. The standard InChI is InChI=1S/C31H30N6O3/c1-20(16-25(19-32-2)40-24-10-4-3-5-11-24)21-12-14-27-26(17-21)29(37-36-27)31(39)35-23-13-15-28(33-18-23)30(38)34-22-8-6-7-9-22/h3-5,10-19,22H,2,6-9H2,1H3,(H,34,38)(H,35,39)(H,36,37)/b20-16+,25-19+. The molecule has 40 heavy (non-hydrogen) atoms. The zero-order chi connectivity index (χ0) is 27.9. The van der Waals surface area contributed by atoms with Gasteiger partial charge in [-0.1, -0.05) is 37.1 Å². The minimum atomic E-state index is -0.390. The van der Waals surface area contributed by atoms with Crippen molar-refractivity contribution in [3.63, 3.8) is 0 Å². The number of H-pyrrole nitrogens is 1. The normalized spacial score (nSPS) is 14.2. The molecule has 9 nitrogen and oxygen atoms in total. The molecule has 5 rings (SSSR count). The molecule has 1 saturated carbocycles. The number of para-hydroxylation sites is 1. The van der Waals surface area contributed by atoms with Crippen LogP contribution in [0.15, 0.2) is 89.9 Å². The quantitative estimate of drug-likeness (QED) is 0.140. The van der Waals surface area contributed by atoms with Gasteiger partial charge in [-0.3, -0.25) is 19.7 Å². The van der Waals surface area contributed by atoms with Gasteiger partial charge in [0.15, 0.2) is 5.69 Å². The highest BCUT2D eigenvalue weighted by Gasteiger charge is 2.19. The number of aromatic amines is 1. The Morgan fingerprint density at radius 3 is 2.60 bits per heavy atom. The molecule has 1 aliphatic carbocycles. The maximum atomic E-state index is 13.1. The number of ether oxygens (including phenoxy) is 1. The van der Waals surface area contributed by atoms with Crippen molar-refractivity contribution in [2.75, 3.05) is 5.32 Å². The number of carbonyl (C=O) groups excluding carboxylic acids is 2. The molecular weight excluding hydrogens is 504 g/mol. The summed E-state index contributed by atoms with van der Waals surface area (Å²) in [5.41, 5.74) is 3.54. The number of pyridine rings is 1. The number of aliphatic imine (C=N–C) groups is 1. The Morgan fingerprint density at radius 1 is 1.07 bits per heavy atom. The molecule has 0 atom stereocenters. The monoisotopic (exact) mass is 534 g/mol. The van der Waals surface area contributed by atoms with Crippen LogP contribution < -0.4 is 15.4 Å². The highest BCUT2D eigenvalue weighted by molar-refractivity contribution is 6.11. The van der Waals surface area contributed by atoms with E-state index in [1.165, 1.54) is 6.20 Å². The van der Waals surface area contributed by atoms with Gasteiger partial charge in [0.05, 0.1) is 23.6 Å². The summed E-state index contributed by atoms with van der Waals surface area (Å²) in [5.74, 6) is 0.619. The summed E-state index contributed by atoms with van der Waals surface area (Å²) in [6.45, 7) is 5.49. The summed E-state index contributed by atoms with van der Waals surface area (Å²) in [5, 5.41) is 13.7. The Labute approximate surface area is 232 Å². The van der Waals surface area contributed by atoms with E-state index in [4.69, 9.17) is 4.74 Å². The minimum absolute atomic E-state index is 0.199. The summed E-state index contributed by atoms with van der Waals surface area (Å²) in [4.78, 5) is 33.7. The number of nitrogens with one attached hydrogen (secondary N) is 3. The van der Waals surface area contributed by atoms with E-state index >= 15 is 0 Å². The van der Waals surface area contributed by atoms with Gasteiger partial charge in [-0.15, -0.1) is 0 Å². The van der Waals surface area contributed by atoms with Gasteiger partial charge in [0.1, 0.15) is 17.2 Å². The summed E-state index contributed by atoms with van der Waals surface area (Å²) in [6.07, 6.45) is 9.15. The largest absolute Gasteiger partial charge is 0.456 e. The van der Waals surface area contributed by atoms with E-state index in [1.54, 1.807) is 18.3 Å². The molecule has 0 bridgehead atoms. The van der Waals surface area contributed by atoms with Gasteiger partial charge in [0, 0.05) is 11.4 Å². The van der Waals surface area contributed by atoms with Gasteiger partial charge >= 0.3 is 0 Å². The Balaban J connectivity index is 1.31. The second kappa shape index (κ2) is 12.2. The SMILES string of the molecule is C=N/C=C(\C=C(/C)c1ccc2[nH]nc(C(=O)Nc3ccc(C(=O)NC4CCCC4)nc3)c2c1)Oc1ccccc1. The number of hydrogen-bond donors (Lipinski definition) is 3. The number of anilines is 1. The van der Waals surface area contributed by atoms with Crippen LogP contribution in [-0.4, -0.2) is 39.8 Å². The molecule has 4 aromatic rings. The molecule has 0 spiro atoms. The first kappa shape index (κ1) is 26.6. The van der Waals surface area contributed by atoms with Crippen LogP contribution in [0.5, 0.6) is 5.75 Å². The van der Waals surface area contributed by atoms with Gasteiger partial charge in [-0.05, 0) is 80.1 Å². The number of allylic oxidation sites excluding steroid dienone is 2. The van der Waals surface area contributed by atoms with E-state index in [1.807, 2.05) is 61.5 Å². The number of hydrogen-bond acceptors (Lipinski definition) is 6. The predicted molar refractivity (Wildman–Crippen MR) is 156 cm³/mol. The van der Waals surface area contributed by atoms with Crippen molar-refractivity contribution in [2.45, 2.75) is 38.6 Å². The van der Waals surface area contributed by atoms with Crippen molar-refractivity contribution in [2.24, 2.45) is 4.99 Å². The van der Waals surface area contributed by atoms with Crippen molar-refractivity contribution in [1.82, 2.24) is 20.5 Å². The number of nitrogens with zero attached hydrogens (tertiary/aromatic N) is 3. The van der Waals surface area contributed by atoms with Crippen molar-refractivity contribution in [3.8, 4) is 5.75 Å². The van der Waals surface area contributed by atoms with Crippen LogP contribution in [0.1, 0.15) is 59.1 Å². The van der Waals surface area contributed by atoms with Crippen LogP contribution in [0.25, 0.3) is 16.5 Å². The topological polar surface area (TPSA) is 121 Å². The Morgan fingerprint density at radius 2 is 1.88 bits per heavy atom. The van der Waals surface area contributed by atoms with Crippen molar-refractivity contribution >= 4 is 40.7 Å². The van der Waals surface area contributed by atoms with Gasteiger partial charge in [0.25, 0.3) is 11.8 Å². The Hall–Kier alpha value is -5.05. The number of benzene rings is 2. The third-order valence-electron chi connectivity index (χ3n) is 6.73. The Kier molecular flexibility index (Phi) is 8.10. The lowest BCUT2D eigenvalue weighted by molar-refractivity contribution is 0.0932. The zero-order valence-corrected chi connectivity index (χ0v) is 22.2. The van der Waals surface area contributed by atoms with Crippen LogP contribution >= 0.6 is 0 Å². The molecule has 0 aliphatic heterocycles. The number of aromatic nitrogens is 3. The summed E-state index contributed by atoms with van der Waals surface area (Å²) in [6, 6.07) is 18.6. The second-order valence-corrected chi connectivity index (χ2v) is 9.63. The molecular formula is C31H30N6O3. The van der Waals surface area contributed by atoms with Crippen LogP contribution in [0.2, 0.25) is 0 Å². The number of amides is 2. The Bertz CT molecular complexity index is 1580. The summed E-state index contributed by atoms with van der Waals surface area (Å²) < 4.78 is 5.94. The molecule has 2 heterocycles. The van der Waals surface area contributed by atoms with E-state index in [0.717, 1.165) is 42.3 Å². The lowest BCUT2D eigenvalue weighted by Crippen LogP contribution is -2.33. The van der Waals surface area contributed by atoms with Gasteiger partial charge < -0.3 is 15.4 Å². The average molecular weight is 535 g/mol. The van der Waals surface area contributed by atoms with E-state index in [-0.39, 0.29) is 23.6 Å². The first-order chi connectivity index (χ1) is 19.5. The lowest BCUT2D eigenvalue weighted by Gasteiger charge is -2.11. The number of rotatable bonds is 9. The van der Waals surface area contributed by atoms with Crippen LogP contribution in [0.4, 0.5) is 5.69 Å². The van der Waals surface area contributed by atoms with Crippen molar-refractivity contribution in [1.29, 1.82) is 0 Å². The fourth-order valence-electron chi connectivity index (χ4n) is 4.66. The minimum Gasteiger partial charge on any atom is -0.456 e. The first-order valence-corrected chi connectivity index (χ1v) is 13.1. The third-order valence-corrected chi connectivity index (χ3v) is 6.73. The maximum Gasteiger partial charge on any atom is 0.276 e. The molecule has 0 radical (unpaired) electrons. The van der Waals surface area contributed by atoms with Crippen LogP contribution in [-0.2, 0) is 0 Å². The van der Waals surface area contributed by atoms with E-state index in [9.17, 15) is 9.59 Å². The first-order valence-electron chi connectivity index (χ1n) is 13.1. The number of carbonyl (C=O) groups is 2. The molecule has 2 aromatic heterocycles. The molecule has 0 unspecified atom stereocenters. The van der Waals surface area contributed by atoms with E-state index in [0.29, 0.717) is 28.3 Å². The maximum absolute atomic E-state index is 13.1. The van der Waals surface area contributed by atoms with Crippen molar-refractivity contribution < 1.29 is 14.3 Å². The molecule has 3 N–H and O–H groups in total. The van der Waals surface area contributed by atoms with Crippen LogP contribution in [0.3, 0.4) is 0 Å². The summed E-state index contributed by atoms with van der Waals surface area (Å²) in [7, 11) is 0. The van der Waals surface area contributed by atoms with Crippen LogP contribution in [0, 0.1) is 0 Å². The van der Waals surface area contributed by atoms with Gasteiger partial charge in [0.2, 0.25) is 0 Å². The lowest BCUT2D eigenvalue weighted by atomic mass is 10.0. The molecule has 0 saturated heterocycles. The fourth-order valence-corrected chi connectivity index (χ4v) is 4.66. The highest BCUT2D eigenvalue weighted by atomic mass is 16.5. The molecule has 202 valence electrons. The number of fused-ring (bicyclic) bond motifs is 1. The average Bonchev–Trinajstić information content (AvgIpc) is 3.64. The molecule has 9 heteroatoms. The molecule has 2 aromatic carbocycles. The highest BCUT2D eigenvalue weighted by Crippen LogP contribution is 2.25. The fraction of sp³-hybridized carbons (Fsp3) is 0.194. The van der Waals surface area contributed by atoms with Crippen molar-refractivity contribution in [3.05, 3.63) is 102 Å². The smallest absolute Gasteiger partial charge is 0.276 e. The van der Waals surface area contributed by atoms with Gasteiger partial charge in [-0.25, -0.2) is 4.98 Å². The van der Waals surface area contributed by atoms with E-state index in [2.05, 4.69) is 37.5 Å². The molecule has 1 fully saturated rings. The van der Waals surface area contributed by atoms with Gasteiger partial charge in [-0.2, -0.15) is 5.10 Å². The second-order valence-electron chi connectivity index (χ2n) is 9.63. The zero-order valence-electron chi connectivity index (χ0n) is 22.2. The molecule has 2 amide bonds. The third kappa shape index (κ3) is 6.32. The molecule has 1 aliphatic rings. The van der Waals surface area contributed by atoms with E-state index < -0.39 is 0 Å². The summed E-state index contributed by atoms with van der Waals surface area (Å²) >= 11 is 0.